The number of carbonyl (C=O) groups excluding carboxylic acids is 1. The molecule has 2 aliphatic rings. The lowest BCUT2D eigenvalue weighted by molar-refractivity contribution is -0.159. The van der Waals surface area contributed by atoms with Crippen molar-refractivity contribution in [1.29, 1.82) is 0 Å². The van der Waals surface area contributed by atoms with E-state index in [0.717, 1.165) is 4.88 Å². The van der Waals surface area contributed by atoms with Crippen LogP contribution in [0.2, 0.25) is 0 Å². The SMILES string of the molecule is CC(C)(C)C1ON(C(=S)NC(=O)c2ccccc2)C2(c3cccs3)CN(C(=O)O)CC12. The minimum atomic E-state index is -0.975. The molecule has 3 atom stereocenters. The minimum Gasteiger partial charge on any atom is -0.465 e. The van der Waals surface area contributed by atoms with E-state index in [1.54, 1.807) is 29.3 Å². The molecule has 2 N–H and O–H groups in total. The summed E-state index contributed by atoms with van der Waals surface area (Å²) in [7, 11) is 0. The van der Waals surface area contributed by atoms with Gasteiger partial charge in [-0.2, -0.15) is 0 Å². The predicted molar refractivity (Wildman–Crippen MR) is 122 cm³/mol. The van der Waals surface area contributed by atoms with Crippen LogP contribution in [0.3, 0.4) is 0 Å². The molecule has 1 aromatic carbocycles. The van der Waals surface area contributed by atoms with Crippen LogP contribution in [-0.4, -0.2) is 51.4 Å². The average molecular weight is 460 g/mol. The Bertz CT molecular complexity index is 990. The number of thiophene rings is 1. The minimum absolute atomic E-state index is 0.131. The predicted octanol–water partition coefficient (Wildman–Crippen LogP) is 3.93. The maximum Gasteiger partial charge on any atom is 0.407 e. The lowest BCUT2D eigenvalue weighted by atomic mass is 9.74. The average Bonchev–Trinajstić information content (AvgIpc) is 3.42. The van der Waals surface area contributed by atoms with Crippen LogP contribution in [0.15, 0.2) is 47.8 Å². The highest BCUT2D eigenvalue weighted by Crippen LogP contribution is 2.54. The summed E-state index contributed by atoms with van der Waals surface area (Å²) in [5.74, 6) is -0.479. The van der Waals surface area contributed by atoms with Crippen molar-refractivity contribution >= 4 is 40.7 Å². The van der Waals surface area contributed by atoms with E-state index < -0.39 is 11.6 Å². The monoisotopic (exact) mass is 459 g/mol. The van der Waals surface area contributed by atoms with Crippen LogP contribution < -0.4 is 5.32 Å². The van der Waals surface area contributed by atoms with E-state index >= 15 is 0 Å². The molecule has 2 saturated heterocycles. The quantitative estimate of drug-likeness (QED) is 0.663. The second kappa shape index (κ2) is 7.89. The number of hydroxylamine groups is 2. The number of amides is 2. The summed E-state index contributed by atoms with van der Waals surface area (Å²) in [5.41, 5.74) is -0.585. The van der Waals surface area contributed by atoms with Crippen LogP contribution in [0, 0.1) is 11.3 Å². The van der Waals surface area contributed by atoms with Gasteiger partial charge in [-0.3, -0.25) is 14.9 Å². The van der Waals surface area contributed by atoms with Crippen molar-refractivity contribution in [1.82, 2.24) is 15.3 Å². The zero-order chi connectivity index (χ0) is 22.4. The molecular weight excluding hydrogens is 434 g/mol. The fourth-order valence-corrected chi connectivity index (χ4v) is 5.80. The van der Waals surface area contributed by atoms with Crippen molar-refractivity contribution in [2.45, 2.75) is 32.4 Å². The zero-order valence-electron chi connectivity index (χ0n) is 17.6. The number of hydrogen-bond donors (Lipinski definition) is 2. The molecule has 1 aromatic heterocycles. The van der Waals surface area contributed by atoms with Crippen molar-refractivity contribution in [2.75, 3.05) is 13.1 Å². The van der Waals surface area contributed by atoms with E-state index in [1.807, 2.05) is 23.6 Å². The maximum absolute atomic E-state index is 12.8. The highest BCUT2D eigenvalue weighted by Gasteiger charge is 2.65. The smallest absolute Gasteiger partial charge is 0.407 e. The van der Waals surface area contributed by atoms with E-state index in [0.29, 0.717) is 12.1 Å². The second-order valence-corrected chi connectivity index (χ2v) is 10.3. The van der Waals surface area contributed by atoms with Crippen molar-refractivity contribution < 1.29 is 19.5 Å². The first-order valence-electron chi connectivity index (χ1n) is 10.0. The van der Waals surface area contributed by atoms with Crippen molar-refractivity contribution in [2.24, 2.45) is 11.3 Å². The largest absolute Gasteiger partial charge is 0.465 e. The fraction of sp³-hybridized carbons (Fsp3) is 0.409. The Balaban J connectivity index is 1.74. The molecule has 0 spiro atoms. The Hall–Kier alpha value is -2.49. The highest BCUT2D eigenvalue weighted by molar-refractivity contribution is 7.80. The first kappa shape index (κ1) is 21.7. The van der Waals surface area contributed by atoms with Gasteiger partial charge in [0.05, 0.1) is 12.6 Å². The van der Waals surface area contributed by atoms with Crippen molar-refractivity contribution in [3.05, 3.63) is 58.3 Å². The third-order valence-corrected chi connectivity index (χ3v) is 7.23. The number of thiocarbonyl (C=S) groups is 1. The second-order valence-electron chi connectivity index (χ2n) is 8.98. The number of fused-ring (bicyclic) bond motifs is 1. The first-order valence-corrected chi connectivity index (χ1v) is 11.3. The topological polar surface area (TPSA) is 82.1 Å². The number of hydrogen-bond acceptors (Lipinski definition) is 5. The molecule has 7 nitrogen and oxygen atoms in total. The van der Waals surface area contributed by atoms with Gasteiger partial charge >= 0.3 is 6.09 Å². The van der Waals surface area contributed by atoms with Gasteiger partial charge in [0.15, 0.2) is 0 Å². The summed E-state index contributed by atoms with van der Waals surface area (Å²) in [4.78, 5) is 33.5. The molecular formula is C22H25N3O4S2. The molecule has 2 aliphatic heterocycles. The summed E-state index contributed by atoms with van der Waals surface area (Å²) >= 11 is 7.18. The highest BCUT2D eigenvalue weighted by atomic mass is 32.1. The number of nitrogens with zero attached hydrogens (tertiary/aromatic N) is 2. The van der Waals surface area contributed by atoms with Gasteiger partial charge in [0.25, 0.3) is 5.91 Å². The number of carboxylic acid groups (broad SMARTS) is 1. The van der Waals surface area contributed by atoms with Gasteiger partial charge in [0, 0.05) is 22.9 Å². The molecule has 2 aromatic rings. The Morgan fingerprint density at radius 3 is 2.52 bits per heavy atom. The molecule has 164 valence electrons. The van der Waals surface area contributed by atoms with Crippen molar-refractivity contribution in [3.8, 4) is 0 Å². The Kier molecular flexibility index (Phi) is 5.53. The molecule has 0 radical (unpaired) electrons. The number of nitrogens with one attached hydrogen (secondary N) is 1. The number of rotatable bonds is 2. The summed E-state index contributed by atoms with van der Waals surface area (Å²) in [5, 5.41) is 16.2. The lowest BCUT2D eigenvalue weighted by Crippen LogP contribution is -2.53. The van der Waals surface area contributed by atoms with E-state index in [9.17, 15) is 14.7 Å². The molecule has 0 bridgehead atoms. The lowest BCUT2D eigenvalue weighted by Gasteiger charge is -2.36. The Morgan fingerprint density at radius 1 is 1.23 bits per heavy atom. The van der Waals surface area contributed by atoms with Gasteiger partial charge in [0.1, 0.15) is 5.54 Å². The van der Waals surface area contributed by atoms with Gasteiger partial charge in [-0.25, -0.2) is 9.86 Å². The van der Waals surface area contributed by atoms with Crippen LogP contribution >= 0.6 is 23.6 Å². The van der Waals surface area contributed by atoms with Crippen LogP contribution in [0.1, 0.15) is 36.0 Å². The molecule has 2 fully saturated rings. The zero-order valence-corrected chi connectivity index (χ0v) is 19.2. The van der Waals surface area contributed by atoms with Crippen LogP contribution in [0.4, 0.5) is 4.79 Å². The van der Waals surface area contributed by atoms with Gasteiger partial charge in [-0.15, -0.1) is 11.3 Å². The van der Waals surface area contributed by atoms with E-state index in [-0.39, 0.29) is 35.0 Å². The van der Waals surface area contributed by atoms with Crippen LogP contribution in [0.5, 0.6) is 0 Å². The molecule has 31 heavy (non-hydrogen) atoms. The molecule has 0 aliphatic carbocycles. The van der Waals surface area contributed by atoms with E-state index in [2.05, 4.69) is 26.1 Å². The van der Waals surface area contributed by atoms with E-state index in [4.69, 9.17) is 17.1 Å². The summed E-state index contributed by atoms with van der Waals surface area (Å²) in [6.45, 7) is 6.74. The van der Waals surface area contributed by atoms with E-state index in [1.165, 1.54) is 16.2 Å². The third-order valence-electron chi connectivity index (χ3n) is 5.92. The summed E-state index contributed by atoms with van der Waals surface area (Å²) < 4.78 is 0. The molecule has 4 rings (SSSR count). The normalized spacial score (nSPS) is 25.4. The standard InChI is InChI=1S/C22H25N3O4S2/c1-21(2,3)17-15-12-24(20(27)28)13-22(15,16-10-7-11-31-16)25(29-17)19(30)23-18(26)14-8-5-4-6-9-14/h4-11,15,17H,12-13H2,1-3H3,(H,27,28)(H,23,26,30). The van der Waals surface area contributed by atoms with Crippen molar-refractivity contribution in [3.63, 3.8) is 0 Å². The molecule has 2 amide bonds. The summed E-state index contributed by atoms with van der Waals surface area (Å²) in [6.07, 6.45) is -1.26. The van der Waals surface area contributed by atoms with Gasteiger partial charge in [-0.05, 0) is 41.2 Å². The Morgan fingerprint density at radius 2 is 1.94 bits per heavy atom. The van der Waals surface area contributed by atoms with Crippen LogP contribution in [-0.2, 0) is 10.4 Å². The molecule has 3 unspecified atom stereocenters. The third kappa shape index (κ3) is 3.71. The molecule has 0 saturated carbocycles. The van der Waals surface area contributed by atoms with Gasteiger partial charge in [0.2, 0.25) is 5.11 Å². The van der Waals surface area contributed by atoms with Gasteiger partial charge in [-0.1, -0.05) is 45.0 Å². The Labute approximate surface area is 190 Å². The molecule has 3 heterocycles. The number of carbonyl (C=O) groups is 2. The van der Waals surface area contributed by atoms with Crippen LogP contribution in [0.25, 0.3) is 0 Å². The summed E-state index contributed by atoms with van der Waals surface area (Å²) in [6, 6.07) is 12.7. The number of likely N-dealkylation sites (tertiary alicyclic amines) is 1. The number of benzene rings is 1. The van der Waals surface area contributed by atoms with Gasteiger partial charge < -0.3 is 10.0 Å². The maximum atomic E-state index is 12.8. The fourth-order valence-electron chi connectivity index (χ4n) is 4.53. The molecule has 9 heteroatoms. The first-order chi connectivity index (χ1) is 14.6.